The van der Waals surface area contributed by atoms with E-state index in [1.54, 1.807) is 22.8 Å². The number of carbonyl (C=O) groups excluding carboxylic acids is 1. The molecular formula is C18H14BrN3O2. The molecule has 1 aliphatic rings. The number of benzene rings is 2. The molecule has 0 unspecified atom stereocenters. The maximum absolute atomic E-state index is 12.5. The van der Waals surface area contributed by atoms with E-state index in [1.165, 1.54) is 0 Å². The third-order valence-corrected chi connectivity index (χ3v) is 4.65. The van der Waals surface area contributed by atoms with Crippen LogP contribution in [-0.4, -0.2) is 15.5 Å². The van der Waals surface area contributed by atoms with Crippen molar-refractivity contribution in [2.75, 3.05) is 5.32 Å². The number of fused-ring (bicyclic) bond motifs is 2. The number of hydrogen-bond donors (Lipinski definition) is 1. The number of hydrogen-bond acceptors (Lipinski definition) is 3. The second-order valence-corrected chi connectivity index (χ2v) is 6.70. The van der Waals surface area contributed by atoms with Gasteiger partial charge in [-0.25, -0.2) is 4.98 Å². The van der Waals surface area contributed by atoms with E-state index >= 15 is 0 Å². The minimum absolute atomic E-state index is 0.0218. The topological polar surface area (TPSA) is 64.0 Å². The van der Waals surface area contributed by atoms with Crippen molar-refractivity contribution in [1.82, 2.24) is 9.55 Å². The number of nitrogens with one attached hydrogen (secondary N) is 1. The molecule has 3 aromatic rings. The number of carbonyl (C=O) groups is 1. The molecule has 1 aliphatic heterocycles. The number of nitrogens with zero attached hydrogens (tertiary/aromatic N) is 2. The van der Waals surface area contributed by atoms with Crippen LogP contribution in [0.15, 0.2) is 51.7 Å². The highest BCUT2D eigenvalue weighted by Crippen LogP contribution is 2.19. The number of amides is 1. The van der Waals surface area contributed by atoms with Crippen LogP contribution in [0.1, 0.15) is 22.6 Å². The second-order valence-electron chi connectivity index (χ2n) is 5.78. The van der Waals surface area contributed by atoms with E-state index in [1.807, 2.05) is 24.3 Å². The van der Waals surface area contributed by atoms with Gasteiger partial charge in [-0.1, -0.05) is 22.0 Å². The molecule has 0 bridgehead atoms. The van der Waals surface area contributed by atoms with Gasteiger partial charge in [0.15, 0.2) is 0 Å². The Labute approximate surface area is 146 Å². The van der Waals surface area contributed by atoms with Crippen LogP contribution >= 0.6 is 15.9 Å². The van der Waals surface area contributed by atoms with Crippen molar-refractivity contribution < 1.29 is 4.79 Å². The van der Waals surface area contributed by atoms with Crippen molar-refractivity contribution >= 4 is 38.4 Å². The summed E-state index contributed by atoms with van der Waals surface area (Å²) in [6.45, 7) is 0.724. The van der Waals surface area contributed by atoms with E-state index in [0.29, 0.717) is 22.2 Å². The quantitative estimate of drug-likeness (QED) is 0.737. The van der Waals surface area contributed by atoms with E-state index < -0.39 is 0 Å². The van der Waals surface area contributed by atoms with E-state index in [9.17, 15) is 9.59 Å². The molecule has 0 atom stereocenters. The van der Waals surface area contributed by atoms with E-state index in [0.717, 1.165) is 29.7 Å². The lowest BCUT2D eigenvalue weighted by atomic mass is 10.1. The molecule has 4 rings (SSSR count). The maximum Gasteiger partial charge on any atom is 0.261 e. The van der Waals surface area contributed by atoms with Crippen molar-refractivity contribution in [2.45, 2.75) is 19.4 Å². The van der Waals surface area contributed by atoms with Crippen LogP contribution in [0.3, 0.4) is 0 Å². The summed E-state index contributed by atoms with van der Waals surface area (Å²) >= 11 is 3.38. The standard InChI is InChI=1S/C18H14BrN3O2/c19-12-3-1-4-13(10-12)20-17(23)11-6-7-14-15(9-11)21-16-5-2-8-22(16)18(14)24/h1,3-4,6-7,9-10H,2,5,8H2,(H,20,23). The van der Waals surface area contributed by atoms with Crippen LogP contribution in [0, 0.1) is 0 Å². The van der Waals surface area contributed by atoms with Gasteiger partial charge >= 0.3 is 0 Å². The highest BCUT2D eigenvalue weighted by atomic mass is 79.9. The number of rotatable bonds is 2. The van der Waals surface area contributed by atoms with Gasteiger partial charge in [-0.05, 0) is 42.8 Å². The number of aromatic nitrogens is 2. The van der Waals surface area contributed by atoms with Gasteiger partial charge in [-0.15, -0.1) is 0 Å². The largest absolute Gasteiger partial charge is 0.322 e. The summed E-state index contributed by atoms with van der Waals surface area (Å²) in [4.78, 5) is 29.5. The second kappa shape index (κ2) is 5.87. The molecule has 120 valence electrons. The first-order chi connectivity index (χ1) is 11.6. The summed E-state index contributed by atoms with van der Waals surface area (Å²) in [5.74, 6) is 0.578. The molecule has 2 aromatic carbocycles. The molecule has 5 nitrogen and oxygen atoms in total. The molecule has 0 fully saturated rings. The van der Waals surface area contributed by atoms with Crippen molar-refractivity contribution in [3.05, 3.63) is 68.7 Å². The number of halogens is 1. The van der Waals surface area contributed by atoms with Gasteiger partial charge in [0, 0.05) is 28.7 Å². The summed E-state index contributed by atoms with van der Waals surface area (Å²) in [5, 5.41) is 3.41. The van der Waals surface area contributed by atoms with Gasteiger partial charge in [-0.2, -0.15) is 0 Å². The van der Waals surface area contributed by atoms with Crippen LogP contribution in [0.25, 0.3) is 10.9 Å². The predicted octanol–water partition coefficient (Wildman–Crippen LogP) is 3.36. The highest BCUT2D eigenvalue weighted by Gasteiger charge is 2.17. The Kier molecular flexibility index (Phi) is 3.69. The minimum atomic E-state index is -0.225. The molecular weight excluding hydrogens is 370 g/mol. The third-order valence-electron chi connectivity index (χ3n) is 4.16. The van der Waals surface area contributed by atoms with Crippen LogP contribution in [0.5, 0.6) is 0 Å². The SMILES string of the molecule is O=C(Nc1cccc(Br)c1)c1ccc2c(=O)n3c(nc2c1)CCC3. The Hall–Kier alpha value is -2.47. The lowest BCUT2D eigenvalue weighted by molar-refractivity contribution is 0.102. The molecule has 1 N–H and O–H groups in total. The molecule has 6 heteroatoms. The molecule has 0 saturated carbocycles. The van der Waals surface area contributed by atoms with Gasteiger partial charge in [0.05, 0.1) is 10.9 Å². The normalized spacial score (nSPS) is 13.0. The summed E-state index contributed by atoms with van der Waals surface area (Å²) < 4.78 is 2.62. The average Bonchev–Trinajstić information content (AvgIpc) is 3.03. The first-order valence-electron chi connectivity index (χ1n) is 7.72. The van der Waals surface area contributed by atoms with Gasteiger partial charge in [0.1, 0.15) is 5.82 Å². The Balaban J connectivity index is 1.71. The average molecular weight is 384 g/mol. The number of aryl methyl sites for hydroxylation is 1. The van der Waals surface area contributed by atoms with Crippen LogP contribution in [0.4, 0.5) is 5.69 Å². The fourth-order valence-electron chi connectivity index (χ4n) is 2.99. The summed E-state index contributed by atoms with van der Waals surface area (Å²) in [6, 6.07) is 12.4. The van der Waals surface area contributed by atoms with E-state index in [2.05, 4.69) is 26.2 Å². The first-order valence-corrected chi connectivity index (χ1v) is 8.51. The fourth-order valence-corrected chi connectivity index (χ4v) is 3.39. The van der Waals surface area contributed by atoms with E-state index in [-0.39, 0.29) is 11.5 Å². The highest BCUT2D eigenvalue weighted by molar-refractivity contribution is 9.10. The molecule has 1 aromatic heterocycles. The molecule has 0 radical (unpaired) electrons. The van der Waals surface area contributed by atoms with Crippen LogP contribution in [0.2, 0.25) is 0 Å². The monoisotopic (exact) mass is 383 g/mol. The smallest absolute Gasteiger partial charge is 0.261 e. The van der Waals surface area contributed by atoms with Gasteiger partial charge < -0.3 is 5.32 Å². The third kappa shape index (κ3) is 2.63. The van der Waals surface area contributed by atoms with Crippen LogP contribution < -0.4 is 10.9 Å². The summed E-state index contributed by atoms with van der Waals surface area (Å²) in [5.41, 5.74) is 1.75. The zero-order valence-electron chi connectivity index (χ0n) is 12.8. The zero-order chi connectivity index (χ0) is 16.7. The maximum atomic E-state index is 12.5. The van der Waals surface area contributed by atoms with Crippen LogP contribution in [-0.2, 0) is 13.0 Å². The van der Waals surface area contributed by atoms with Crippen molar-refractivity contribution in [2.24, 2.45) is 0 Å². The Morgan fingerprint density at radius 1 is 1.21 bits per heavy atom. The summed E-state index contributed by atoms with van der Waals surface area (Å²) in [6.07, 6.45) is 1.74. The summed E-state index contributed by atoms with van der Waals surface area (Å²) in [7, 11) is 0. The van der Waals surface area contributed by atoms with Crippen molar-refractivity contribution in [3.63, 3.8) is 0 Å². The Bertz CT molecular complexity index is 1030. The molecule has 0 aliphatic carbocycles. The van der Waals surface area contributed by atoms with Gasteiger partial charge in [0.25, 0.3) is 11.5 Å². The Morgan fingerprint density at radius 3 is 2.92 bits per heavy atom. The van der Waals surface area contributed by atoms with Gasteiger partial charge in [-0.3, -0.25) is 14.2 Å². The number of anilines is 1. The predicted molar refractivity (Wildman–Crippen MR) is 96.4 cm³/mol. The Morgan fingerprint density at radius 2 is 2.08 bits per heavy atom. The molecule has 0 spiro atoms. The lowest BCUT2D eigenvalue weighted by Crippen LogP contribution is -2.21. The fraction of sp³-hybridized carbons (Fsp3) is 0.167. The van der Waals surface area contributed by atoms with E-state index in [4.69, 9.17) is 0 Å². The molecule has 1 amide bonds. The minimum Gasteiger partial charge on any atom is -0.322 e. The molecule has 0 saturated heterocycles. The molecule has 2 heterocycles. The molecule has 24 heavy (non-hydrogen) atoms. The van der Waals surface area contributed by atoms with Gasteiger partial charge in [0.2, 0.25) is 0 Å². The van der Waals surface area contributed by atoms with Crippen molar-refractivity contribution in [1.29, 1.82) is 0 Å². The zero-order valence-corrected chi connectivity index (χ0v) is 14.3. The first kappa shape index (κ1) is 15.1. The lowest BCUT2D eigenvalue weighted by Gasteiger charge is -2.08. The van der Waals surface area contributed by atoms with Crippen molar-refractivity contribution in [3.8, 4) is 0 Å².